The number of fused-ring (bicyclic) bond motifs is 1. The maximum absolute atomic E-state index is 13.0. The van der Waals surface area contributed by atoms with Crippen LogP contribution in [0.25, 0.3) is 0 Å². The Hall–Kier alpha value is -2.49. The van der Waals surface area contributed by atoms with Crippen LogP contribution < -0.4 is 10.1 Å². The Labute approximate surface area is 178 Å². The zero-order valence-corrected chi connectivity index (χ0v) is 17.4. The van der Waals surface area contributed by atoms with Crippen molar-refractivity contribution in [3.05, 3.63) is 29.8 Å². The van der Waals surface area contributed by atoms with Gasteiger partial charge in [0.15, 0.2) is 5.60 Å². The number of hydrogen-bond acceptors (Lipinski definition) is 4. The first-order valence-electron chi connectivity index (χ1n) is 10.3. The third kappa shape index (κ3) is 4.44. The smallest absolute Gasteiger partial charge is 0.427 e. The van der Waals surface area contributed by atoms with E-state index in [2.05, 4.69) is 5.32 Å². The van der Waals surface area contributed by atoms with Crippen LogP contribution in [-0.4, -0.2) is 78.4 Å². The van der Waals surface area contributed by atoms with Crippen molar-refractivity contribution in [3.63, 3.8) is 0 Å². The number of alkyl halides is 3. The average molecular weight is 441 g/mol. The van der Waals surface area contributed by atoms with Crippen LogP contribution in [0.3, 0.4) is 0 Å². The molecule has 0 spiro atoms. The van der Waals surface area contributed by atoms with Crippen LogP contribution >= 0.6 is 0 Å². The second-order valence-corrected chi connectivity index (χ2v) is 8.82. The quantitative estimate of drug-likeness (QED) is 0.783. The van der Waals surface area contributed by atoms with Crippen LogP contribution in [-0.2, 0) is 9.53 Å². The Balaban J connectivity index is 1.29. The molecule has 3 amide bonds. The summed E-state index contributed by atoms with van der Waals surface area (Å²) in [5, 5.41) is 2.88. The highest BCUT2D eigenvalue weighted by molar-refractivity contribution is 5.79. The summed E-state index contributed by atoms with van der Waals surface area (Å²) >= 11 is 0. The molecule has 3 heterocycles. The van der Waals surface area contributed by atoms with E-state index in [9.17, 15) is 22.8 Å². The van der Waals surface area contributed by atoms with Crippen LogP contribution in [0.1, 0.15) is 31.7 Å². The average Bonchev–Trinajstić information content (AvgIpc) is 2.66. The molecule has 1 aromatic rings. The predicted octanol–water partition coefficient (Wildman–Crippen LogP) is 2.51. The van der Waals surface area contributed by atoms with Gasteiger partial charge >= 0.3 is 12.2 Å². The fraction of sp³-hybridized carbons (Fsp3) is 0.619. The SMILES string of the molecule is CC(C)(Oc1ccc(C2CN(C(=O)N3CCC4OCC(=O)NC4C3)C2)cc1)C(F)(F)F. The number of hydrogen-bond donors (Lipinski definition) is 1. The Bertz CT molecular complexity index is 837. The molecule has 3 fully saturated rings. The highest BCUT2D eigenvalue weighted by Crippen LogP contribution is 2.35. The minimum Gasteiger partial charge on any atom is -0.478 e. The second-order valence-electron chi connectivity index (χ2n) is 8.82. The van der Waals surface area contributed by atoms with Gasteiger partial charge in [-0.3, -0.25) is 4.79 Å². The standard InChI is InChI=1S/C21H26F3N3O4/c1-20(2,21(22,23)24)31-15-5-3-13(4-6-15)14-9-27(10-14)19(29)26-8-7-17-16(11-26)25-18(28)12-30-17/h3-6,14,16-17H,7-12H2,1-2H3,(H,25,28). The molecule has 1 aromatic carbocycles. The molecule has 10 heteroatoms. The molecule has 31 heavy (non-hydrogen) atoms. The molecule has 170 valence electrons. The number of urea groups is 1. The van der Waals surface area contributed by atoms with Gasteiger partial charge in [-0.15, -0.1) is 0 Å². The van der Waals surface area contributed by atoms with Gasteiger partial charge in [0.2, 0.25) is 5.91 Å². The molecule has 3 aliphatic rings. The van der Waals surface area contributed by atoms with Crippen molar-refractivity contribution in [1.82, 2.24) is 15.1 Å². The summed E-state index contributed by atoms with van der Waals surface area (Å²) < 4.78 is 49.6. The number of piperidine rings is 1. The molecule has 2 unspecified atom stereocenters. The van der Waals surface area contributed by atoms with E-state index >= 15 is 0 Å². The zero-order chi connectivity index (χ0) is 22.4. The Kier molecular flexibility index (Phi) is 5.53. The Morgan fingerprint density at radius 2 is 1.81 bits per heavy atom. The molecule has 3 saturated heterocycles. The number of ether oxygens (including phenoxy) is 2. The molecule has 7 nitrogen and oxygen atoms in total. The van der Waals surface area contributed by atoms with Gasteiger partial charge in [0.1, 0.15) is 12.4 Å². The lowest BCUT2D eigenvalue weighted by Gasteiger charge is -2.46. The Morgan fingerprint density at radius 3 is 2.45 bits per heavy atom. The van der Waals surface area contributed by atoms with Crippen molar-refractivity contribution in [2.75, 3.05) is 32.8 Å². The molecule has 0 aromatic heterocycles. The maximum atomic E-state index is 13.0. The fourth-order valence-corrected chi connectivity index (χ4v) is 4.08. The number of carbonyl (C=O) groups excluding carboxylic acids is 2. The molecular weight excluding hydrogens is 415 g/mol. The van der Waals surface area contributed by atoms with Gasteiger partial charge in [0.05, 0.1) is 12.1 Å². The second kappa shape index (κ2) is 7.89. The number of nitrogens with one attached hydrogen (secondary N) is 1. The number of nitrogens with zero attached hydrogens (tertiary/aromatic N) is 2. The molecule has 0 aliphatic carbocycles. The molecule has 3 aliphatic heterocycles. The molecule has 4 rings (SSSR count). The minimum atomic E-state index is -4.47. The number of benzene rings is 1. The topological polar surface area (TPSA) is 71.1 Å². The largest absolute Gasteiger partial charge is 0.478 e. The first-order valence-corrected chi connectivity index (χ1v) is 10.3. The van der Waals surface area contributed by atoms with Crippen molar-refractivity contribution in [1.29, 1.82) is 0 Å². The van der Waals surface area contributed by atoms with E-state index in [1.165, 1.54) is 12.1 Å². The van der Waals surface area contributed by atoms with Crippen molar-refractivity contribution in [2.45, 2.75) is 50.1 Å². The summed E-state index contributed by atoms with van der Waals surface area (Å²) in [6.45, 7) is 4.14. The van der Waals surface area contributed by atoms with E-state index in [0.717, 1.165) is 19.4 Å². The van der Waals surface area contributed by atoms with E-state index < -0.39 is 11.8 Å². The van der Waals surface area contributed by atoms with Gasteiger partial charge < -0.3 is 24.6 Å². The summed E-state index contributed by atoms with van der Waals surface area (Å²) in [5.41, 5.74) is -1.32. The lowest BCUT2D eigenvalue weighted by Crippen LogP contribution is -2.63. The normalized spacial score (nSPS) is 24.9. The van der Waals surface area contributed by atoms with E-state index in [1.807, 2.05) is 0 Å². The molecule has 0 bridgehead atoms. The number of likely N-dealkylation sites (tertiary alicyclic amines) is 2. The van der Waals surface area contributed by atoms with Gasteiger partial charge in [-0.1, -0.05) is 12.1 Å². The molecule has 2 atom stereocenters. The number of amides is 3. The number of morpholine rings is 1. The van der Waals surface area contributed by atoms with Crippen molar-refractivity contribution < 1.29 is 32.2 Å². The number of halogens is 3. The molecule has 0 saturated carbocycles. The lowest BCUT2D eigenvalue weighted by atomic mass is 9.91. The van der Waals surface area contributed by atoms with Crippen LogP contribution in [0.2, 0.25) is 0 Å². The van der Waals surface area contributed by atoms with Gasteiger partial charge in [-0.25, -0.2) is 4.79 Å². The number of carbonyl (C=O) groups is 2. The maximum Gasteiger partial charge on any atom is 0.427 e. The van der Waals surface area contributed by atoms with Crippen LogP contribution in [0, 0.1) is 0 Å². The Morgan fingerprint density at radius 1 is 1.13 bits per heavy atom. The van der Waals surface area contributed by atoms with E-state index in [1.54, 1.807) is 21.9 Å². The first-order chi connectivity index (χ1) is 14.5. The van der Waals surface area contributed by atoms with Gasteiger partial charge in [-0.05, 0) is 38.0 Å². The molecular formula is C21H26F3N3O4. The third-order valence-electron chi connectivity index (χ3n) is 6.15. The third-order valence-corrected chi connectivity index (χ3v) is 6.15. The van der Waals surface area contributed by atoms with Gasteiger partial charge in [-0.2, -0.15) is 13.2 Å². The van der Waals surface area contributed by atoms with E-state index in [0.29, 0.717) is 32.6 Å². The molecule has 1 N–H and O–H groups in total. The minimum absolute atomic E-state index is 0.0473. The summed E-state index contributed by atoms with van der Waals surface area (Å²) in [7, 11) is 0. The van der Waals surface area contributed by atoms with Crippen molar-refractivity contribution >= 4 is 11.9 Å². The summed E-state index contributed by atoms with van der Waals surface area (Å²) in [6, 6.07) is 6.31. The lowest BCUT2D eigenvalue weighted by molar-refractivity contribution is -0.234. The molecule has 0 radical (unpaired) electrons. The van der Waals surface area contributed by atoms with E-state index in [4.69, 9.17) is 9.47 Å². The fourth-order valence-electron chi connectivity index (χ4n) is 4.08. The first kappa shape index (κ1) is 21.7. The van der Waals surface area contributed by atoms with Gasteiger partial charge in [0, 0.05) is 32.1 Å². The highest BCUT2D eigenvalue weighted by Gasteiger charge is 2.50. The summed E-state index contributed by atoms with van der Waals surface area (Å²) in [4.78, 5) is 27.8. The number of rotatable bonds is 3. The van der Waals surface area contributed by atoms with E-state index in [-0.39, 0.29) is 42.4 Å². The van der Waals surface area contributed by atoms with Crippen LogP contribution in [0.15, 0.2) is 24.3 Å². The summed E-state index contributed by atoms with van der Waals surface area (Å²) in [6.07, 6.45) is -3.83. The zero-order valence-electron chi connectivity index (χ0n) is 17.4. The van der Waals surface area contributed by atoms with Crippen molar-refractivity contribution in [2.24, 2.45) is 0 Å². The predicted molar refractivity (Wildman–Crippen MR) is 105 cm³/mol. The van der Waals surface area contributed by atoms with Crippen molar-refractivity contribution in [3.8, 4) is 5.75 Å². The van der Waals surface area contributed by atoms with Crippen LogP contribution in [0.5, 0.6) is 5.75 Å². The monoisotopic (exact) mass is 441 g/mol. The highest BCUT2D eigenvalue weighted by atomic mass is 19.4. The summed E-state index contributed by atoms with van der Waals surface area (Å²) in [5.74, 6) is 0.118. The van der Waals surface area contributed by atoms with Gasteiger partial charge in [0.25, 0.3) is 0 Å². The van der Waals surface area contributed by atoms with Crippen LogP contribution in [0.4, 0.5) is 18.0 Å².